The monoisotopic (exact) mass is 282 g/mol. The van der Waals surface area contributed by atoms with E-state index >= 15 is 0 Å². The van der Waals surface area contributed by atoms with Crippen molar-refractivity contribution in [3.8, 4) is 0 Å². The first-order valence-corrected chi connectivity index (χ1v) is 11.1. The summed E-state index contributed by atoms with van der Waals surface area (Å²) in [6, 6.07) is 2.25. The molecule has 96 valence electrons. The van der Waals surface area contributed by atoms with Crippen LogP contribution in [0, 0.1) is 0 Å². The molecule has 0 saturated carbocycles. The fourth-order valence-corrected chi connectivity index (χ4v) is 5.58. The Morgan fingerprint density at radius 3 is 2.12 bits per heavy atom. The van der Waals surface area contributed by atoms with E-state index in [-0.39, 0.29) is 10.8 Å². The quantitative estimate of drug-likeness (QED) is 0.426. The van der Waals surface area contributed by atoms with E-state index in [1.807, 2.05) is 13.0 Å². The summed E-state index contributed by atoms with van der Waals surface area (Å²) < 4.78 is 22.3. The van der Waals surface area contributed by atoms with Crippen molar-refractivity contribution in [2.24, 2.45) is 0 Å². The summed E-state index contributed by atoms with van der Waals surface area (Å²) in [5.41, 5.74) is 0.864. The zero-order chi connectivity index (χ0) is 13.0. The fourth-order valence-electron chi connectivity index (χ4n) is 1.55. The van der Waals surface area contributed by atoms with Crippen molar-refractivity contribution in [1.82, 2.24) is 0 Å². The molecule has 16 heavy (non-hydrogen) atoms. The molecular weight excluding hydrogens is 260 g/mol. The van der Waals surface area contributed by atoms with Gasteiger partial charge in [-0.15, -0.1) is 11.6 Å². The summed E-state index contributed by atoms with van der Waals surface area (Å²) in [7, 11) is -4.38. The minimum absolute atomic E-state index is 0.0317. The van der Waals surface area contributed by atoms with Crippen LogP contribution in [0.2, 0.25) is 18.6 Å². The Kier molecular flexibility index (Phi) is 6.29. The molecule has 0 N–H and O–H groups in total. The van der Waals surface area contributed by atoms with Crippen LogP contribution in [0.3, 0.4) is 0 Å². The summed E-state index contributed by atoms with van der Waals surface area (Å²) in [6.07, 6.45) is 3.20. The Hall–Kier alpha value is 0.197. The first-order valence-electron chi connectivity index (χ1n) is 5.63. The Morgan fingerprint density at radius 1 is 1.38 bits per heavy atom. The molecule has 0 aromatic carbocycles. The van der Waals surface area contributed by atoms with E-state index in [0.29, 0.717) is 0 Å². The first-order chi connectivity index (χ1) is 7.14. The predicted molar refractivity (Wildman–Crippen MR) is 75.7 cm³/mol. The van der Waals surface area contributed by atoms with E-state index in [4.69, 9.17) is 11.6 Å². The molecule has 1 unspecified atom stereocenters. The second kappa shape index (κ2) is 6.22. The number of hydrogen-bond donors (Lipinski definition) is 0. The van der Waals surface area contributed by atoms with E-state index < -0.39 is 17.9 Å². The average molecular weight is 283 g/mol. The molecule has 5 heteroatoms. The van der Waals surface area contributed by atoms with Gasteiger partial charge < -0.3 is 0 Å². The molecule has 0 bridgehead atoms. The Bertz CT molecular complexity index is 345. The Morgan fingerprint density at radius 2 is 1.81 bits per heavy atom. The highest BCUT2D eigenvalue weighted by atomic mass is 35.5. The number of allylic oxidation sites excluding steroid dienone is 1. The fraction of sp³-hybridized carbons (Fsp3) is 0.818. The molecule has 0 aliphatic heterocycles. The number of rotatable bonds is 6. The summed E-state index contributed by atoms with van der Waals surface area (Å²) in [5.74, 6) is 0.119. The third kappa shape index (κ3) is 5.50. The smallest absolute Gasteiger partial charge is 0.151 e. The van der Waals surface area contributed by atoms with Crippen LogP contribution in [-0.2, 0) is 9.84 Å². The largest absolute Gasteiger partial charge is 0.229 e. The van der Waals surface area contributed by atoms with E-state index in [1.54, 1.807) is 0 Å². The topological polar surface area (TPSA) is 34.1 Å². The molecule has 0 amide bonds. The van der Waals surface area contributed by atoms with E-state index in [9.17, 15) is 8.42 Å². The van der Waals surface area contributed by atoms with Crippen LogP contribution >= 0.6 is 11.6 Å². The highest BCUT2D eigenvalue weighted by Crippen LogP contribution is 2.25. The Labute approximate surface area is 106 Å². The van der Waals surface area contributed by atoms with Gasteiger partial charge in [0.1, 0.15) is 0 Å². The highest BCUT2D eigenvalue weighted by molar-refractivity contribution is 7.90. The Balaban J connectivity index is 4.76. The maximum absolute atomic E-state index is 11.1. The molecule has 0 aliphatic carbocycles. The average Bonchev–Trinajstić information content (AvgIpc) is 2.13. The van der Waals surface area contributed by atoms with Gasteiger partial charge in [0.15, 0.2) is 9.84 Å². The van der Waals surface area contributed by atoms with Crippen molar-refractivity contribution in [3.05, 3.63) is 11.6 Å². The lowest BCUT2D eigenvalue weighted by Gasteiger charge is -2.28. The van der Waals surface area contributed by atoms with Crippen LogP contribution < -0.4 is 0 Å². The third-order valence-corrected chi connectivity index (χ3v) is 10.6. The van der Waals surface area contributed by atoms with Crippen molar-refractivity contribution in [2.75, 3.05) is 12.0 Å². The van der Waals surface area contributed by atoms with Crippen molar-refractivity contribution < 1.29 is 8.42 Å². The zero-order valence-corrected chi connectivity index (χ0v) is 13.5. The van der Waals surface area contributed by atoms with Gasteiger partial charge in [-0.2, -0.15) is 0 Å². The number of sulfone groups is 1. The summed E-state index contributed by atoms with van der Waals surface area (Å²) >= 11 is 6.40. The molecule has 1 atom stereocenters. The molecule has 0 spiro atoms. The number of hydrogen-bond acceptors (Lipinski definition) is 2. The highest BCUT2D eigenvalue weighted by Gasteiger charge is 2.30. The van der Waals surface area contributed by atoms with Gasteiger partial charge in [0, 0.05) is 11.3 Å². The van der Waals surface area contributed by atoms with Gasteiger partial charge in [-0.1, -0.05) is 44.1 Å². The second-order valence-electron chi connectivity index (χ2n) is 4.85. The maximum Gasteiger partial charge on any atom is 0.151 e. The second-order valence-corrected chi connectivity index (χ2v) is 13.2. The molecule has 0 aromatic rings. The van der Waals surface area contributed by atoms with Crippen LogP contribution in [0.1, 0.15) is 20.8 Å². The summed E-state index contributed by atoms with van der Waals surface area (Å²) in [6.45, 7) is 8.46. The van der Waals surface area contributed by atoms with Crippen molar-refractivity contribution >= 4 is 29.5 Å². The molecular formula is C11H23ClO2SSi. The lowest BCUT2D eigenvalue weighted by Crippen LogP contribution is -2.38. The van der Waals surface area contributed by atoms with Gasteiger partial charge >= 0.3 is 0 Å². The van der Waals surface area contributed by atoms with Crippen LogP contribution in [0.4, 0.5) is 0 Å². The number of halogens is 1. The van der Waals surface area contributed by atoms with Crippen LogP contribution in [0.15, 0.2) is 11.6 Å². The minimum Gasteiger partial charge on any atom is -0.229 e. The van der Waals surface area contributed by atoms with Crippen molar-refractivity contribution in [2.45, 2.75) is 44.4 Å². The third-order valence-electron chi connectivity index (χ3n) is 3.20. The molecule has 0 saturated heterocycles. The van der Waals surface area contributed by atoms with E-state index in [2.05, 4.69) is 20.4 Å². The van der Waals surface area contributed by atoms with Crippen LogP contribution in [-0.4, -0.2) is 33.5 Å². The molecule has 0 rings (SSSR count). The molecule has 0 heterocycles. The molecule has 2 nitrogen and oxygen atoms in total. The zero-order valence-electron chi connectivity index (χ0n) is 10.9. The van der Waals surface area contributed by atoms with Gasteiger partial charge in [0.05, 0.1) is 13.8 Å². The summed E-state index contributed by atoms with van der Waals surface area (Å²) in [4.78, 5) is 0. The van der Waals surface area contributed by atoms with E-state index in [1.165, 1.54) is 6.26 Å². The standard InChI is InChI=1S/C11H23ClO2SSi/c1-6-16(5,7-2)11(12)8-10(3)9-15(4,13)14/h8,11H,6-7,9H2,1-5H3/b10-8+. The van der Waals surface area contributed by atoms with Crippen molar-refractivity contribution in [3.63, 3.8) is 0 Å². The minimum atomic E-state index is -2.94. The van der Waals surface area contributed by atoms with Gasteiger partial charge in [-0.05, 0) is 6.92 Å². The van der Waals surface area contributed by atoms with Gasteiger partial charge in [-0.25, -0.2) is 8.42 Å². The van der Waals surface area contributed by atoms with Gasteiger partial charge in [0.25, 0.3) is 0 Å². The summed E-state index contributed by atoms with van der Waals surface area (Å²) in [5, 5.41) is 0.0317. The molecule has 0 aromatic heterocycles. The maximum atomic E-state index is 11.1. The lowest BCUT2D eigenvalue weighted by atomic mass is 10.3. The normalized spacial score (nSPS) is 16.2. The van der Waals surface area contributed by atoms with E-state index in [0.717, 1.165) is 17.7 Å². The number of alkyl halides is 1. The molecule has 0 aliphatic rings. The van der Waals surface area contributed by atoms with Gasteiger partial charge in [-0.3, -0.25) is 0 Å². The van der Waals surface area contributed by atoms with Crippen LogP contribution in [0.25, 0.3) is 0 Å². The lowest BCUT2D eigenvalue weighted by molar-refractivity contribution is 0.604. The van der Waals surface area contributed by atoms with Crippen molar-refractivity contribution in [1.29, 1.82) is 0 Å². The molecule has 0 radical (unpaired) electrons. The van der Waals surface area contributed by atoms with Gasteiger partial charge in [0.2, 0.25) is 0 Å². The predicted octanol–water partition coefficient (Wildman–Crippen LogP) is 3.24. The molecule has 0 fully saturated rings. The SMILES string of the molecule is CC[Si](C)(CC)C(Cl)/C=C(\C)CS(C)(=O)=O. The first kappa shape index (κ1) is 16.2. The van der Waals surface area contributed by atoms with Crippen LogP contribution in [0.5, 0.6) is 0 Å².